The Bertz CT molecular complexity index is 330. The molecule has 1 saturated heterocycles. The number of carbonyl (C=O) groups is 2. The second kappa shape index (κ2) is 5.16. The number of amides is 1. The van der Waals surface area contributed by atoms with E-state index in [9.17, 15) is 9.59 Å². The summed E-state index contributed by atoms with van der Waals surface area (Å²) in [6.45, 7) is 9.93. The van der Waals surface area contributed by atoms with Gasteiger partial charge >= 0.3 is 12.1 Å². The fourth-order valence-corrected chi connectivity index (χ4v) is 2.07. The Morgan fingerprint density at radius 1 is 1.28 bits per heavy atom. The third-order valence-electron chi connectivity index (χ3n) is 3.12. The molecule has 1 amide bonds. The van der Waals surface area contributed by atoms with Gasteiger partial charge in [0.05, 0.1) is 6.61 Å². The van der Waals surface area contributed by atoms with Crippen LogP contribution in [-0.4, -0.2) is 41.3 Å². The maximum absolute atomic E-state index is 12.0. The van der Waals surface area contributed by atoms with E-state index >= 15 is 0 Å². The summed E-state index contributed by atoms with van der Waals surface area (Å²) in [6.07, 6.45) is 0.746. The number of esters is 1. The summed E-state index contributed by atoms with van der Waals surface area (Å²) in [4.78, 5) is 25.5. The lowest BCUT2D eigenvalue weighted by molar-refractivity contribution is -0.167. The van der Waals surface area contributed by atoms with Gasteiger partial charge in [-0.15, -0.1) is 0 Å². The first-order valence-corrected chi connectivity index (χ1v) is 6.44. The van der Waals surface area contributed by atoms with Crippen LogP contribution in [0.5, 0.6) is 0 Å². The van der Waals surface area contributed by atoms with E-state index in [1.165, 1.54) is 4.90 Å². The van der Waals surface area contributed by atoms with Crippen molar-refractivity contribution >= 4 is 12.1 Å². The lowest BCUT2D eigenvalue weighted by Gasteiger charge is -2.49. The van der Waals surface area contributed by atoms with Gasteiger partial charge in [0.2, 0.25) is 0 Å². The van der Waals surface area contributed by atoms with Gasteiger partial charge in [-0.05, 0) is 40.5 Å². The number of carbonyl (C=O) groups excluding carboxylic acids is 2. The SMILES string of the molecule is CCOC(=O)[C@]1(CC)CCN1C(=O)OC(C)(C)C. The molecule has 5 nitrogen and oxygen atoms in total. The van der Waals surface area contributed by atoms with Crippen LogP contribution < -0.4 is 0 Å². The van der Waals surface area contributed by atoms with Gasteiger partial charge in [-0.2, -0.15) is 0 Å². The van der Waals surface area contributed by atoms with E-state index in [1.807, 2.05) is 27.7 Å². The third kappa shape index (κ3) is 2.76. The number of nitrogens with zero attached hydrogens (tertiary/aromatic N) is 1. The highest BCUT2D eigenvalue weighted by molar-refractivity contribution is 5.87. The minimum Gasteiger partial charge on any atom is -0.464 e. The van der Waals surface area contributed by atoms with Crippen molar-refractivity contribution in [1.29, 1.82) is 0 Å². The Morgan fingerprint density at radius 2 is 1.89 bits per heavy atom. The molecule has 0 bridgehead atoms. The Hall–Kier alpha value is -1.26. The van der Waals surface area contributed by atoms with Crippen LogP contribution in [0.1, 0.15) is 47.5 Å². The van der Waals surface area contributed by atoms with Gasteiger partial charge in [-0.25, -0.2) is 9.59 Å². The number of likely N-dealkylation sites (tertiary alicyclic amines) is 1. The number of hydrogen-bond donors (Lipinski definition) is 0. The van der Waals surface area contributed by atoms with Gasteiger partial charge in [-0.3, -0.25) is 4.90 Å². The van der Waals surface area contributed by atoms with Crippen LogP contribution >= 0.6 is 0 Å². The zero-order valence-corrected chi connectivity index (χ0v) is 11.9. The molecule has 104 valence electrons. The van der Waals surface area contributed by atoms with E-state index in [-0.39, 0.29) is 5.97 Å². The first-order valence-electron chi connectivity index (χ1n) is 6.44. The molecule has 1 rings (SSSR count). The molecule has 1 heterocycles. The fourth-order valence-electron chi connectivity index (χ4n) is 2.07. The topological polar surface area (TPSA) is 55.8 Å². The van der Waals surface area contributed by atoms with Gasteiger partial charge in [0.15, 0.2) is 0 Å². The molecule has 0 unspecified atom stereocenters. The molecule has 1 atom stereocenters. The lowest BCUT2D eigenvalue weighted by atomic mass is 9.82. The number of ether oxygens (including phenoxy) is 2. The van der Waals surface area contributed by atoms with E-state index in [1.54, 1.807) is 6.92 Å². The maximum atomic E-state index is 12.0. The van der Waals surface area contributed by atoms with Crippen molar-refractivity contribution in [2.24, 2.45) is 0 Å². The van der Waals surface area contributed by atoms with Gasteiger partial charge in [0.25, 0.3) is 0 Å². The van der Waals surface area contributed by atoms with Crippen LogP contribution in [0.15, 0.2) is 0 Å². The van der Waals surface area contributed by atoms with Crippen LogP contribution in [0, 0.1) is 0 Å². The number of hydrogen-bond acceptors (Lipinski definition) is 4. The van der Waals surface area contributed by atoms with Gasteiger partial charge in [0, 0.05) is 6.54 Å². The van der Waals surface area contributed by atoms with Crippen molar-refractivity contribution in [3.05, 3.63) is 0 Å². The van der Waals surface area contributed by atoms with Gasteiger partial charge in [-0.1, -0.05) is 6.92 Å². The van der Waals surface area contributed by atoms with Crippen LogP contribution in [0.3, 0.4) is 0 Å². The normalized spacial score (nSPS) is 23.3. The maximum Gasteiger partial charge on any atom is 0.411 e. The largest absolute Gasteiger partial charge is 0.464 e. The average Bonchev–Trinajstić information content (AvgIpc) is 2.14. The molecule has 1 fully saturated rings. The summed E-state index contributed by atoms with van der Waals surface area (Å²) in [5.41, 5.74) is -1.38. The number of rotatable bonds is 3. The van der Waals surface area contributed by atoms with Gasteiger partial charge < -0.3 is 9.47 Å². The summed E-state index contributed by atoms with van der Waals surface area (Å²) in [5.74, 6) is -0.329. The molecule has 18 heavy (non-hydrogen) atoms. The average molecular weight is 257 g/mol. The van der Waals surface area contributed by atoms with Crippen LogP contribution in [0.25, 0.3) is 0 Å². The molecule has 1 aliphatic heterocycles. The monoisotopic (exact) mass is 257 g/mol. The molecule has 5 heteroatoms. The highest BCUT2D eigenvalue weighted by Crippen LogP contribution is 2.36. The quantitative estimate of drug-likeness (QED) is 0.728. The summed E-state index contributed by atoms with van der Waals surface area (Å²) < 4.78 is 10.4. The first-order chi connectivity index (χ1) is 8.27. The fraction of sp³-hybridized carbons (Fsp3) is 0.846. The van der Waals surface area contributed by atoms with Crippen molar-refractivity contribution in [3.8, 4) is 0 Å². The van der Waals surface area contributed by atoms with E-state index < -0.39 is 17.2 Å². The molecule has 0 saturated carbocycles. The van der Waals surface area contributed by atoms with Crippen LogP contribution in [-0.2, 0) is 14.3 Å². The molecular formula is C13H23NO4. The molecule has 0 aliphatic carbocycles. The molecule has 0 radical (unpaired) electrons. The van der Waals surface area contributed by atoms with Crippen molar-refractivity contribution in [2.45, 2.75) is 58.6 Å². The van der Waals surface area contributed by atoms with E-state index in [2.05, 4.69) is 0 Å². The highest BCUT2D eigenvalue weighted by Gasteiger charge is 2.54. The molecule has 0 N–H and O–H groups in total. The Morgan fingerprint density at radius 3 is 2.22 bits per heavy atom. The molecular weight excluding hydrogens is 234 g/mol. The zero-order valence-electron chi connectivity index (χ0n) is 11.9. The Labute approximate surface area is 108 Å². The standard InChI is InChI=1S/C13H23NO4/c1-6-13(10(15)17-7-2)8-9-14(13)11(16)18-12(3,4)5/h6-9H2,1-5H3/t13-/m0/s1. The van der Waals surface area contributed by atoms with E-state index in [0.29, 0.717) is 26.0 Å². The van der Waals surface area contributed by atoms with Crippen molar-refractivity contribution in [2.75, 3.05) is 13.2 Å². The molecule has 0 aromatic rings. The summed E-state index contributed by atoms with van der Waals surface area (Å²) in [7, 11) is 0. The molecule has 1 aliphatic rings. The summed E-state index contributed by atoms with van der Waals surface area (Å²) >= 11 is 0. The van der Waals surface area contributed by atoms with Gasteiger partial charge in [0.1, 0.15) is 11.1 Å². The highest BCUT2D eigenvalue weighted by atomic mass is 16.6. The third-order valence-corrected chi connectivity index (χ3v) is 3.12. The minimum atomic E-state index is -0.821. The predicted octanol–water partition coefficient (Wildman–Crippen LogP) is 2.34. The molecule has 0 aromatic heterocycles. The minimum absolute atomic E-state index is 0.322. The first kappa shape index (κ1) is 14.8. The lowest BCUT2D eigenvalue weighted by Crippen LogP contribution is -2.67. The van der Waals surface area contributed by atoms with Crippen molar-refractivity contribution in [3.63, 3.8) is 0 Å². The van der Waals surface area contributed by atoms with Crippen molar-refractivity contribution < 1.29 is 19.1 Å². The van der Waals surface area contributed by atoms with Crippen LogP contribution in [0.2, 0.25) is 0 Å². The Balaban J connectivity index is 2.78. The van der Waals surface area contributed by atoms with E-state index in [4.69, 9.17) is 9.47 Å². The summed E-state index contributed by atoms with van der Waals surface area (Å²) in [5, 5.41) is 0. The van der Waals surface area contributed by atoms with Crippen molar-refractivity contribution in [1.82, 2.24) is 4.90 Å². The summed E-state index contributed by atoms with van der Waals surface area (Å²) in [6, 6.07) is 0. The molecule has 0 spiro atoms. The smallest absolute Gasteiger partial charge is 0.411 e. The zero-order chi connectivity index (χ0) is 14.0. The predicted molar refractivity (Wildman–Crippen MR) is 67.2 cm³/mol. The van der Waals surface area contributed by atoms with E-state index in [0.717, 1.165) is 0 Å². The molecule has 0 aromatic carbocycles. The Kier molecular flexibility index (Phi) is 4.24. The van der Waals surface area contributed by atoms with Crippen LogP contribution in [0.4, 0.5) is 4.79 Å². The second-order valence-corrected chi connectivity index (χ2v) is 5.49. The second-order valence-electron chi connectivity index (χ2n) is 5.49.